The van der Waals surface area contributed by atoms with Crippen LogP contribution in [-0.2, 0) is 4.74 Å². The summed E-state index contributed by atoms with van der Waals surface area (Å²) < 4.78 is 4.36. The van der Waals surface area contributed by atoms with Gasteiger partial charge >= 0.3 is 0 Å². The van der Waals surface area contributed by atoms with Gasteiger partial charge in [-0.25, -0.2) is 0 Å². The standard InChI is InChI=1S/C4H10O5.C2H6O2/c5-3(6)1-9-2-4(7)8;3-1-2-4/h3-8H,1-2H2;3-4H,1-2H2. The second-order valence-electron chi connectivity index (χ2n) is 1.95. The summed E-state index contributed by atoms with van der Waals surface area (Å²) in [5.74, 6) is 0. The Hall–Kier alpha value is -0.280. The monoisotopic (exact) mass is 200 g/mol. The maximum Gasteiger partial charge on any atom is 0.175 e. The smallest absolute Gasteiger partial charge is 0.175 e. The van der Waals surface area contributed by atoms with Crippen molar-refractivity contribution < 1.29 is 35.4 Å². The third-order valence-electron chi connectivity index (χ3n) is 0.634. The van der Waals surface area contributed by atoms with Gasteiger partial charge in [-0.05, 0) is 0 Å². The van der Waals surface area contributed by atoms with Gasteiger partial charge in [0, 0.05) is 0 Å². The number of ether oxygens (including phenoxy) is 1. The highest BCUT2D eigenvalue weighted by Crippen LogP contribution is 1.81. The van der Waals surface area contributed by atoms with Crippen molar-refractivity contribution in [2.75, 3.05) is 26.4 Å². The van der Waals surface area contributed by atoms with Gasteiger partial charge in [0.05, 0.1) is 26.4 Å². The average Bonchev–Trinajstić information content (AvgIpc) is 2.03. The summed E-state index contributed by atoms with van der Waals surface area (Å²) in [5, 5.41) is 47.8. The minimum atomic E-state index is -1.55. The summed E-state index contributed by atoms with van der Waals surface area (Å²) in [5.41, 5.74) is 0. The molecule has 0 rings (SSSR count). The van der Waals surface area contributed by atoms with Crippen molar-refractivity contribution in [1.82, 2.24) is 0 Å². The van der Waals surface area contributed by atoms with Gasteiger partial charge in [0.25, 0.3) is 0 Å². The average molecular weight is 200 g/mol. The molecule has 0 aliphatic heterocycles. The first-order chi connectivity index (χ1) is 6.04. The summed E-state index contributed by atoms with van der Waals surface area (Å²) in [7, 11) is 0. The zero-order valence-corrected chi connectivity index (χ0v) is 7.07. The molecular formula is C6H16O7. The third kappa shape index (κ3) is 24.5. The molecule has 6 N–H and O–H groups in total. The molecule has 82 valence electrons. The van der Waals surface area contributed by atoms with Gasteiger partial charge in [0.15, 0.2) is 12.6 Å². The second-order valence-corrected chi connectivity index (χ2v) is 1.95. The number of hydrogen-bond donors (Lipinski definition) is 6. The lowest BCUT2D eigenvalue weighted by molar-refractivity contribution is -0.138. The van der Waals surface area contributed by atoms with E-state index in [0.717, 1.165) is 0 Å². The second kappa shape index (κ2) is 11.7. The number of rotatable bonds is 5. The van der Waals surface area contributed by atoms with Crippen molar-refractivity contribution in [3.8, 4) is 0 Å². The first-order valence-corrected chi connectivity index (χ1v) is 3.56. The zero-order chi connectivity index (χ0) is 10.7. The van der Waals surface area contributed by atoms with E-state index < -0.39 is 12.6 Å². The topological polar surface area (TPSA) is 131 Å². The minimum Gasteiger partial charge on any atom is -0.394 e. The highest BCUT2D eigenvalue weighted by atomic mass is 16.6. The molecule has 0 saturated carbocycles. The van der Waals surface area contributed by atoms with Crippen molar-refractivity contribution in [1.29, 1.82) is 0 Å². The Morgan fingerprint density at radius 1 is 0.769 bits per heavy atom. The van der Waals surface area contributed by atoms with Crippen LogP contribution in [-0.4, -0.2) is 69.6 Å². The maximum absolute atomic E-state index is 8.13. The zero-order valence-electron chi connectivity index (χ0n) is 7.07. The number of aliphatic hydroxyl groups is 6. The molecule has 0 aromatic rings. The molecule has 0 aromatic carbocycles. The van der Waals surface area contributed by atoms with E-state index in [9.17, 15) is 0 Å². The first kappa shape index (κ1) is 15.2. The summed E-state index contributed by atoms with van der Waals surface area (Å²) in [6.45, 7) is -0.866. The lowest BCUT2D eigenvalue weighted by Gasteiger charge is -2.05. The summed E-state index contributed by atoms with van der Waals surface area (Å²) in [6, 6.07) is 0. The molecule has 0 unspecified atom stereocenters. The van der Waals surface area contributed by atoms with E-state index in [1.165, 1.54) is 0 Å². The summed E-state index contributed by atoms with van der Waals surface area (Å²) in [4.78, 5) is 0. The van der Waals surface area contributed by atoms with E-state index in [2.05, 4.69) is 4.74 Å². The summed E-state index contributed by atoms with van der Waals surface area (Å²) in [6.07, 6.45) is -3.10. The van der Waals surface area contributed by atoms with Crippen LogP contribution in [0.15, 0.2) is 0 Å². The highest BCUT2D eigenvalue weighted by Gasteiger charge is 1.99. The Kier molecular flexibility index (Phi) is 13.7. The molecule has 7 heteroatoms. The molecule has 0 saturated heterocycles. The van der Waals surface area contributed by atoms with Gasteiger partial charge in [0.1, 0.15) is 0 Å². The van der Waals surface area contributed by atoms with Crippen molar-refractivity contribution in [3.05, 3.63) is 0 Å². The Balaban J connectivity index is 0. The molecule has 0 amide bonds. The fraction of sp³-hybridized carbons (Fsp3) is 1.00. The van der Waals surface area contributed by atoms with Gasteiger partial charge in [-0.15, -0.1) is 0 Å². The lowest BCUT2D eigenvalue weighted by atomic mass is 10.6. The highest BCUT2D eigenvalue weighted by molar-refractivity contribution is 4.34. The quantitative estimate of drug-likeness (QED) is 0.255. The van der Waals surface area contributed by atoms with E-state index in [0.29, 0.717) is 0 Å². The molecular weight excluding hydrogens is 184 g/mol. The fourth-order valence-corrected chi connectivity index (χ4v) is 0.279. The van der Waals surface area contributed by atoms with Gasteiger partial charge in [-0.1, -0.05) is 0 Å². The molecule has 0 atom stereocenters. The molecule has 0 aliphatic carbocycles. The van der Waals surface area contributed by atoms with Crippen LogP contribution in [0.3, 0.4) is 0 Å². The van der Waals surface area contributed by atoms with E-state index in [1.54, 1.807) is 0 Å². The molecule has 0 bridgehead atoms. The number of hydrogen-bond acceptors (Lipinski definition) is 7. The van der Waals surface area contributed by atoms with Crippen molar-refractivity contribution in [2.45, 2.75) is 12.6 Å². The molecule has 7 nitrogen and oxygen atoms in total. The SMILES string of the molecule is OC(O)COCC(O)O.OCCO. The van der Waals surface area contributed by atoms with Crippen LogP contribution in [0.25, 0.3) is 0 Å². The largest absolute Gasteiger partial charge is 0.394 e. The Bertz CT molecular complexity index is 75.1. The van der Waals surface area contributed by atoms with E-state index in [1.807, 2.05) is 0 Å². The number of aliphatic hydroxyl groups excluding tert-OH is 4. The lowest BCUT2D eigenvalue weighted by Crippen LogP contribution is -2.20. The van der Waals surface area contributed by atoms with Crippen molar-refractivity contribution in [3.63, 3.8) is 0 Å². The Morgan fingerprint density at radius 3 is 1.23 bits per heavy atom. The molecule has 0 spiro atoms. The Labute approximate surface area is 75.4 Å². The van der Waals surface area contributed by atoms with E-state index in [4.69, 9.17) is 30.6 Å². The molecule has 0 aliphatic rings. The van der Waals surface area contributed by atoms with Gasteiger partial charge in [0.2, 0.25) is 0 Å². The van der Waals surface area contributed by atoms with Crippen LogP contribution in [0.4, 0.5) is 0 Å². The predicted molar refractivity (Wildman–Crippen MR) is 41.4 cm³/mol. The molecule has 0 fully saturated rings. The first-order valence-electron chi connectivity index (χ1n) is 3.56. The van der Waals surface area contributed by atoms with Crippen LogP contribution in [0, 0.1) is 0 Å². The normalized spacial score (nSPS) is 10.2. The fourth-order valence-electron chi connectivity index (χ4n) is 0.279. The molecule has 0 heterocycles. The predicted octanol–water partition coefficient (Wildman–Crippen LogP) is -3.40. The van der Waals surface area contributed by atoms with E-state index in [-0.39, 0.29) is 26.4 Å². The minimum absolute atomic E-state index is 0.125. The van der Waals surface area contributed by atoms with Crippen LogP contribution in [0.5, 0.6) is 0 Å². The van der Waals surface area contributed by atoms with Crippen LogP contribution in [0.1, 0.15) is 0 Å². The van der Waals surface area contributed by atoms with Gasteiger partial charge in [-0.2, -0.15) is 0 Å². The van der Waals surface area contributed by atoms with Crippen LogP contribution in [0.2, 0.25) is 0 Å². The molecule has 0 aromatic heterocycles. The van der Waals surface area contributed by atoms with E-state index >= 15 is 0 Å². The van der Waals surface area contributed by atoms with Gasteiger partial charge in [-0.3, -0.25) is 0 Å². The van der Waals surface area contributed by atoms with Crippen LogP contribution < -0.4 is 0 Å². The van der Waals surface area contributed by atoms with Gasteiger partial charge < -0.3 is 35.4 Å². The third-order valence-corrected chi connectivity index (χ3v) is 0.634. The molecule has 0 radical (unpaired) electrons. The summed E-state index contributed by atoms with van der Waals surface area (Å²) >= 11 is 0. The van der Waals surface area contributed by atoms with Crippen LogP contribution >= 0.6 is 0 Å². The van der Waals surface area contributed by atoms with Crippen molar-refractivity contribution >= 4 is 0 Å². The maximum atomic E-state index is 8.13. The Morgan fingerprint density at radius 2 is 1.08 bits per heavy atom. The molecule has 13 heavy (non-hydrogen) atoms. The van der Waals surface area contributed by atoms with Crippen molar-refractivity contribution in [2.24, 2.45) is 0 Å².